The Kier molecular flexibility index (Phi) is 6.59. The van der Waals surface area contributed by atoms with Crippen LogP contribution in [0.25, 0.3) is 10.9 Å². The summed E-state index contributed by atoms with van der Waals surface area (Å²) in [7, 11) is 3.08. The maximum Gasteiger partial charge on any atom is 0.262 e. The number of para-hydroxylation sites is 1. The van der Waals surface area contributed by atoms with Gasteiger partial charge in [0.25, 0.3) is 5.56 Å². The number of methoxy groups -OCH3 is 2. The largest absolute Gasteiger partial charge is 0.497 e. The molecule has 0 saturated heterocycles. The highest BCUT2D eigenvalue weighted by atomic mass is 32.2. The van der Waals surface area contributed by atoms with Crippen LogP contribution in [-0.4, -0.2) is 35.3 Å². The Morgan fingerprint density at radius 3 is 2.62 bits per heavy atom. The third-order valence-corrected chi connectivity index (χ3v) is 5.80. The molecule has 2 aromatic carbocycles. The molecule has 1 atom stereocenters. The van der Waals surface area contributed by atoms with Crippen molar-refractivity contribution in [2.75, 3.05) is 20.0 Å². The van der Waals surface area contributed by atoms with E-state index in [9.17, 15) is 9.59 Å². The van der Waals surface area contributed by atoms with Crippen molar-refractivity contribution >= 4 is 28.4 Å². The first-order valence-electron chi connectivity index (χ1n) is 9.39. The van der Waals surface area contributed by atoms with Crippen LogP contribution in [0.5, 0.6) is 11.5 Å². The lowest BCUT2D eigenvalue weighted by molar-refractivity contribution is 0.101. The summed E-state index contributed by atoms with van der Waals surface area (Å²) in [6, 6.07) is 12.4. The molecule has 0 aliphatic carbocycles. The van der Waals surface area contributed by atoms with E-state index < -0.39 is 0 Å². The molecule has 1 heterocycles. The van der Waals surface area contributed by atoms with Crippen LogP contribution in [0.4, 0.5) is 0 Å². The van der Waals surface area contributed by atoms with Crippen LogP contribution >= 0.6 is 11.8 Å². The van der Waals surface area contributed by atoms with Crippen LogP contribution in [-0.2, 0) is 0 Å². The number of hydrogen-bond donors (Lipinski definition) is 0. The van der Waals surface area contributed by atoms with Crippen molar-refractivity contribution in [2.45, 2.75) is 31.5 Å². The average Bonchev–Trinajstić information content (AvgIpc) is 2.76. The molecule has 0 aliphatic rings. The van der Waals surface area contributed by atoms with Gasteiger partial charge in [-0.3, -0.25) is 14.2 Å². The first-order chi connectivity index (χ1) is 14.0. The quantitative estimate of drug-likeness (QED) is 0.311. The van der Waals surface area contributed by atoms with Crippen LogP contribution < -0.4 is 15.0 Å². The predicted octanol–water partition coefficient (Wildman–Crippen LogP) is 4.36. The summed E-state index contributed by atoms with van der Waals surface area (Å²) in [5.41, 5.74) is 0.988. The van der Waals surface area contributed by atoms with E-state index >= 15 is 0 Å². The molecule has 0 aliphatic heterocycles. The van der Waals surface area contributed by atoms with Gasteiger partial charge in [0.15, 0.2) is 10.9 Å². The molecule has 3 aromatic rings. The Morgan fingerprint density at radius 2 is 1.93 bits per heavy atom. The zero-order chi connectivity index (χ0) is 21.0. The number of carbonyl (C=O) groups excluding carboxylic acids is 1. The van der Waals surface area contributed by atoms with Gasteiger partial charge in [-0.2, -0.15) is 0 Å². The summed E-state index contributed by atoms with van der Waals surface area (Å²) in [5, 5.41) is 1.12. The Bertz CT molecular complexity index is 1090. The molecule has 0 amide bonds. The fourth-order valence-electron chi connectivity index (χ4n) is 3.04. The fraction of sp³-hybridized carbons (Fsp3) is 0.318. The van der Waals surface area contributed by atoms with E-state index in [1.54, 1.807) is 35.9 Å². The zero-order valence-corrected chi connectivity index (χ0v) is 17.8. The molecule has 0 bridgehead atoms. The highest BCUT2D eigenvalue weighted by molar-refractivity contribution is 7.99. The SMILES string of the molecule is CC[C@@H](C)n1c(SCC(=O)c2cc(OC)ccc2OC)nc2ccccc2c1=O. The van der Waals surface area contributed by atoms with Crippen LogP contribution in [0, 0.1) is 0 Å². The smallest absolute Gasteiger partial charge is 0.262 e. The number of ketones is 1. The van der Waals surface area contributed by atoms with Crippen molar-refractivity contribution in [1.82, 2.24) is 9.55 Å². The molecular weight excluding hydrogens is 388 g/mol. The normalized spacial score (nSPS) is 12.0. The van der Waals surface area contributed by atoms with Crippen molar-refractivity contribution in [3.8, 4) is 11.5 Å². The molecule has 0 N–H and O–H groups in total. The topological polar surface area (TPSA) is 70.4 Å². The van der Waals surface area contributed by atoms with Gasteiger partial charge in [-0.1, -0.05) is 30.8 Å². The molecule has 0 radical (unpaired) electrons. The lowest BCUT2D eigenvalue weighted by atomic mass is 10.1. The molecule has 0 fully saturated rings. The number of ether oxygens (including phenoxy) is 2. The van der Waals surface area contributed by atoms with E-state index in [1.165, 1.54) is 18.9 Å². The highest BCUT2D eigenvalue weighted by Gasteiger charge is 2.19. The standard InChI is InChI=1S/C22H24N2O4S/c1-5-14(2)24-21(26)16-8-6-7-9-18(16)23-22(24)29-13-19(25)17-12-15(27-3)10-11-20(17)28-4/h6-12,14H,5,13H2,1-4H3/t14-/m1/s1. The van der Waals surface area contributed by atoms with E-state index in [4.69, 9.17) is 9.47 Å². The molecular formula is C22H24N2O4S. The lowest BCUT2D eigenvalue weighted by Crippen LogP contribution is -2.26. The molecule has 0 unspecified atom stereocenters. The predicted molar refractivity (Wildman–Crippen MR) is 116 cm³/mol. The second kappa shape index (κ2) is 9.13. The molecule has 6 nitrogen and oxygen atoms in total. The van der Waals surface area contributed by atoms with Gasteiger partial charge >= 0.3 is 0 Å². The van der Waals surface area contributed by atoms with Crippen molar-refractivity contribution in [1.29, 1.82) is 0 Å². The van der Waals surface area contributed by atoms with Gasteiger partial charge in [0, 0.05) is 6.04 Å². The van der Waals surface area contributed by atoms with Crippen molar-refractivity contribution < 1.29 is 14.3 Å². The van der Waals surface area contributed by atoms with Crippen LogP contribution in [0.3, 0.4) is 0 Å². The Labute approximate surface area is 173 Å². The Balaban J connectivity index is 1.96. The van der Waals surface area contributed by atoms with Crippen LogP contribution in [0.15, 0.2) is 52.4 Å². The summed E-state index contributed by atoms with van der Waals surface area (Å²) in [5.74, 6) is 1.08. The maximum atomic E-state index is 13.0. The second-order valence-corrected chi connectivity index (χ2v) is 7.56. The van der Waals surface area contributed by atoms with Gasteiger partial charge in [0.2, 0.25) is 0 Å². The summed E-state index contributed by atoms with van der Waals surface area (Å²) < 4.78 is 12.2. The minimum absolute atomic E-state index is 0.0245. The minimum atomic E-state index is -0.121. The van der Waals surface area contributed by atoms with Crippen molar-refractivity contribution in [2.24, 2.45) is 0 Å². The summed E-state index contributed by atoms with van der Waals surface area (Å²) in [4.78, 5) is 30.6. The van der Waals surface area contributed by atoms with Crippen molar-refractivity contribution in [3.05, 3.63) is 58.4 Å². The van der Waals surface area contributed by atoms with Gasteiger partial charge in [0.05, 0.1) is 36.4 Å². The van der Waals surface area contributed by atoms with Gasteiger partial charge in [-0.15, -0.1) is 0 Å². The molecule has 7 heteroatoms. The number of benzene rings is 2. The fourth-order valence-corrected chi connectivity index (χ4v) is 4.02. The van der Waals surface area contributed by atoms with Gasteiger partial charge in [-0.25, -0.2) is 4.98 Å². The molecule has 152 valence electrons. The lowest BCUT2D eigenvalue weighted by Gasteiger charge is -2.18. The summed E-state index contributed by atoms with van der Waals surface area (Å²) in [6.45, 7) is 4.00. The molecule has 29 heavy (non-hydrogen) atoms. The van der Waals surface area contributed by atoms with E-state index in [2.05, 4.69) is 4.98 Å². The maximum absolute atomic E-state index is 13.0. The Morgan fingerprint density at radius 1 is 1.17 bits per heavy atom. The second-order valence-electron chi connectivity index (χ2n) is 6.62. The van der Waals surface area contributed by atoms with E-state index in [-0.39, 0.29) is 23.1 Å². The van der Waals surface area contributed by atoms with E-state index in [0.717, 1.165) is 6.42 Å². The first kappa shape index (κ1) is 20.9. The average molecular weight is 413 g/mol. The third-order valence-electron chi connectivity index (χ3n) is 4.85. The number of nitrogens with zero attached hydrogens (tertiary/aromatic N) is 2. The molecule has 0 saturated carbocycles. The Hall–Kier alpha value is -2.80. The highest BCUT2D eigenvalue weighted by Crippen LogP contribution is 2.28. The number of hydrogen-bond acceptors (Lipinski definition) is 6. The van der Waals surface area contributed by atoms with Crippen LogP contribution in [0.2, 0.25) is 0 Å². The van der Waals surface area contributed by atoms with E-state index in [0.29, 0.717) is 33.1 Å². The number of aromatic nitrogens is 2. The van der Waals surface area contributed by atoms with E-state index in [1.807, 2.05) is 32.0 Å². The number of rotatable bonds is 8. The molecule has 3 rings (SSSR count). The molecule has 1 aromatic heterocycles. The molecule has 0 spiro atoms. The number of carbonyl (C=O) groups is 1. The van der Waals surface area contributed by atoms with Gasteiger partial charge in [-0.05, 0) is 43.7 Å². The zero-order valence-electron chi connectivity index (χ0n) is 17.0. The minimum Gasteiger partial charge on any atom is -0.497 e. The number of thioether (sulfide) groups is 1. The monoisotopic (exact) mass is 412 g/mol. The first-order valence-corrected chi connectivity index (χ1v) is 10.4. The van der Waals surface area contributed by atoms with Gasteiger partial charge in [0.1, 0.15) is 11.5 Å². The number of Topliss-reactive ketones (excluding diaryl/α,β-unsaturated/α-hetero) is 1. The van der Waals surface area contributed by atoms with Crippen molar-refractivity contribution in [3.63, 3.8) is 0 Å². The third kappa shape index (κ3) is 4.29. The number of fused-ring (bicyclic) bond motifs is 1. The van der Waals surface area contributed by atoms with Gasteiger partial charge < -0.3 is 9.47 Å². The summed E-state index contributed by atoms with van der Waals surface area (Å²) >= 11 is 1.26. The van der Waals surface area contributed by atoms with Crippen LogP contribution in [0.1, 0.15) is 36.7 Å². The summed E-state index contributed by atoms with van der Waals surface area (Å²) in [6.07, 6.45) is 0.783.